The molecule has 4 bridgehead atoms. The van der Waals surface area contributed by atoms with Crippen LogP contribution in [0.5, 0.6) is 0 Å². The van der Waals surface area contributed by atoms with Gasteiger partial charge in [0.05, 0.1) is 23.2 Å². The molecule has 6 rings (SSSR count). The van der Waals surface area contributed by atoms with Crippen LogP contribution >= 0.6 is 11.3 Å². The van der Waals surface area contributed by atoms with Gasteiger partial charge in [0, 0.05) is 19.1 Å². The van der Waals surface area contributed by atoms with Crippen molar-refractivity contribution in [1.82, 2.24) is 20.5 Å². The summed E-state index contributed by atoms with van der Waals surface area (Å²) in [6, 6.07) is 7.63. The first kappa shape index (κ1) is 24.0. The molecule has 1 aromatic heterocycles. The number of carbonyl (C=O) groups excluding carboxylic acids is 3. The lowest BCUT2D eigenvalue weighted by molar-refractivity contribution is -0.158. The van der Waals surface area contributed by atoms with Crippen molar-refractivity contribution >= 4 is 39.5 Å². The Balaban J connectivity index is 1.03. The maximum Gasteiger partial charge on any atom is 0.315 e. The minimum absolute atomic E-state index is 0.0213. The zero-order valence-corrected chi connectivity index (χ0v) is 21.2. The average molecular weight is 499 g/mol. The fourth-order valence-corrected chi connectivity index (χ4v) is 7.73. The minimum atomic E-state index is -0.900. The Morgan fingerprint density at radius 1 is 1.14 bits per heavy atom. The monoisotopic (exact) mass is 498 g/mol. The van der Waals surface area contributed by atoms with Gasteiger partial charge >= 0.3 is 12.0 Å². The predicted octanol–water partition coefficient (Wildman–Crippen LogP) is 3.84. The third-order valence-corrected chi connectivity index (χ3v) is 8.80. The fraction of sp³-hybridized carbons (Fsp3) is 0.615. The molecular weight excluding hydrogens is 464 g/mol. The lowest BCUT2D eigenvalue weighted by Crippen LogP contribution is -2.61. The maximum atomic E-state index is 12.7. The first-order chi connectivity index (χ1) is 16.8. The van der Waals surface area contributed by atoms with Gasteiger partial charge in [0.25, 0.3) is 5.91 Å². The molecular formula is C26H34N4O4S. The number of amides is 3. The van der Waals surface area contributed by atoms with Gasteiger partial charge in [-0.1, -0.05) is 12.1 Å². The normalized spacial score (nSPS) is 27.4. The van der Waals surface area contributed by atoms with Crippen molar-refractivity contribution in [2.75, 3.05) is 13.6 Å². The van der Waals surface area contributed by atoms with Crippen LogP contribution < -0.4 is 10.6 Å². The molecule has 9 heteroatoms. The minimum Gasteiger partial charge on any atom is -0.452 e. The summed E-state index contributed by atoms with van der Waals surface area (Å²) in [5, 5.41) is 6.87. The number of hydrogen-bond donors (Lipinski definition) is 2. The maximum absolute atomic E-state index is 12.7. The number of thiazole rings is 1. The lowest BCUT2D eigenvalue weighted by Gasteiger charge is -2.56. The van der Waals surface area contributed by atoms with Gasteiger partial charge in [0.1, 0.15) is 5.01 Å². The van der Waals surface area contributed by atoms with Crippen molar-refractivity contribution in [3.63, 3.8) is 0 Å². The highest BCUT2D eigenvalue weighted by Gasteiger charge is 2.51. The number of likely N-dealkylation sites (N-methyl/N-ethyl adjacent to an activating group) is 1. The van der Waals surface area contributed by atoms with Crippen LogP contribution in [0.3, 0.4) is 0 Å². The summed E-state index contributed by atoms with van der Waals surface area (Å²) < 4.78 is 6.40. The second-order valence-corrected chi connectivity index (χ2v) is 11.8. The fourth-order valence-electron chi connectivity index (χ4n) is 6.71. The molecule has 4 fully saturated rings. The second-order valence-electron chi connectivity index (χ2n) is 10.7. The standard InChI is InChI=1S/C26H34N4O4S/c1-16(24(32)30(2)15-22-28-20-5-3-4-6-21(20)35-22)34-23(31)7-8-27-25(33)29-26-12-17-9-18(13-26)11-19(10-17)14-26/h3-6,16-19H,7-15H2,1-2H3,(H2,27,29,33). The van der Waals surface area contributed by atoms with Crippen LogP contribution in [0.25, 0.3) is 10.2 Å². The molecule has 0 saturated heterocycles. The van der Waals surface area contributed by atoms with Crippen LogP contribution in [-0.4, -0.2) is 53.0 Å². The van der Waals surface area contributed by atoms with Gasteiger partial charge in [-0.2, -0.15) is 0 Å². The molecule has 1 heterocycles. The van der Waals surface area contributed by atoms with Gasteiger partial charge in [-0.05, 0) is 75.3 Å². The van der Waals surface area contributed by atoms with E-state index in [4.69, 9.17) is 4.74 Å². The number of carbonyl (C=O) groups is 3. The molecule has 8 nitrogen and oxygen atoms in total. The summed E-state index contributed by atoms with van der Waals surface area (Å²) in [4.78, 5) is 43.5. The van der Waals surface area contributed by atoms with Crippen molar-refractivity contribution in [3.05, 3.63) is 29.3 Å². The molecule has 1 aromatic carbocycles. The van der Waals surface area contributed by atoms with Gasteiger partial charge in [-0.25, -0.2) is 9.78 Å². The number of nitrogens with zero attached hydrogens (tertiary/aromatic N) is 2. The Morgan fingerprint density at radius 2 is 1.80 bits per heavy atom. The number of benzene rings is 1. The number of hydrogen-bond acceptors (Lipinski definition) is 6. The highest BCUT2D eigenvalue weighted by Crippen LogP contribution is 2.55. The third kappa shape index (κ3) is 5.44. The quantitative estimate of drug-likeness (QED) is 0.539. The Labute approximate surface area is 209 Å². The zero-order valence-electron chi connectivity index (χ0n) is 20.4. The molecule has 4 aliphatic carbocycles. The summed E-state index contributed by atoms with van der Waals surface area (Å²) in [5.41, 5.74) is 0.848. The SMILES string of the molecule is CC(OC(=O)CCNC(=O)NC12CC3CC(CC(C3)C1)C2)C(=O)N(C)Cc1nc2ccccc2s1. The predicted molar refractivity (Wildman–Crippen MR) is 134 cm³/mol. The zero-order chi connectivity index (χ0) is 24.6. The van der Waals surface area contributed by atoms with Crippen LogP contribution in [0.4, 0.5) is 4.79 Å². The molecule has 0 radical (unpaired) electrons. The Morgan fingerprint density at radius 3 is 2.46 bits per heavy atom. The Bertz CT molecular complexity index is 1050. The molecule has 188 valence electrons. The summed E-state index contributed by atoms with van der Waals surface area (Å²) >= 11 is 1.54. The van der Waals surface area contributed by atoms with Crippen LogP contribution in [0, 0.1) is 17.8 Å². The topological polar surface area (TPSA) is 101 Å². The average Bonchev–Trinajstić information content (AvgIpc) is 3.19. The van der Waals surface area contributed by atoms with E-state index < -0.39 is 12.1 Å². The van der Waals surface area contributed by atoms with Crippen LogP contribution in [0.1, 0.15) is 56.9 Å². The molecule has 3 amide bonds. The van der Waals surface area contributed by atoms with Crippen molar-refractivity contribution in [1.29, 1.82) is 0 Å². The molecule has 2 aromatic rings. The number of fused-ring (bicyclic) bond motifs is 1. The molecule has 4 saturated carbocycles. The van der Waals surface area contributed by atoms with Gasteiger partial charge in [0.15, 0.2) is 6.10 Å². The van der Waals surface area contributed by atoms with E-state index in [-0.39, 0.29) is 30.4 Å². The molecule has 4 aliphatic rings. The van der Waals surface area contributed by atoms with Crippen molar-refractivity contribution < 1.29 is 19.1 Å². The summed E-state index contributed by atoms with van der Waals surface area (Å²) in [6.45, 7) is 2.11. The summed E-state index contributed by atoms with van der Waals surface area (Å²) in [6.07, 6.45) is 6.33. The highest BCUT2D eigenvalue weighted by molar-refractivity contribution is 7.18. The van der Waals surface area contributed by atoms with Crippen LogP contribution in [0.15, 0.2) is 24.3 Å². The highest BCUT2D eigenvalue weighted by atomic mass is 32.1. The van der Waals surface area contributed by atoms with E-state index in [2.05, 4.69) is 15.6 Å². The first-order valence-electron chi connectivity index (χ1n) is 12.6. The van der Waals surface area contributed by atoms with E-state index in [1.165, 1.54) is 24.2 Å². The lowest BCUT2D eigenvalue weighted by atomic mass is 9.53. The van der Waals surface area contributed by atoms with E-state index in [0.29, 0.717) is 6.54 Å². The van der Waals surface area contributed by atoms with Crippen LogP contribution in [0.2, 0.25) is 0 Å². The first-order valence-corrected chi connectivity index (χ1v) is 13.5. The van der Waals surface area contributed by atoms with Gasteiger partial charge < -0.3 is 20.3 Å². The van der Waals surface area contributed by atoms with E-state index in [1.54, 1.807) is 25.3 Å². The number of esters is 1. The second kappa shape index (κ2) is 9.76. The number of para-hydroxylation sites is 1. The summed E-state index contributed by atoms with van der Waals surface area (Å²) in [7, 11) is 1.68. The van der Waals surface area contributed by atoms with Gasteiger partial charge in [-0.3, -0.25) is 9.59 Å². The smallest absolute Gasteiger partial charge is 0.315 e. The van der Waals surface area contributed by atoms with E-state index in [1.807, 2.05) is 24.3 Å². The molecule has 0 aliphatic heterocycles. The van der Waals surface area contributed by atoms with Crippen molar-refractivity contribution in [3.8, 4) is 0 Å². The molecule has 1 atom stereocenters. The van der Waals surface area contributed by atoms with Crippen molar-refractivity contribution in [2.24, 2.45) is 17.8 Å². The number of rotatable bonds is 8. The van der Waals surface area contributed by atoms with Crippen molar-refractivity contribution in [2.45, 2.75) is 70.1 Å². The van der Waals surface area contributed by atoms with E-state index in [9.17, 15) is 14.4 Å². The summed E-state index contributed by atoms with van der Waals surface area (Å²) in [5.74, 6) is 1.47. The van der Waals surface area contributed by atoms with Gasteiger partial charge in [-0.15, -0.1) is 11.3 Å². The van der Waals surface area contributed by atoms with Gasteiger partial charge in [0.2, 0.25) is 0 Å². The number of ether oxygens (including phenoxy) is 1. The van der Waals surface area contributed by atoms with E-state index in [0.717, 1.165) is 52.2 Å². The molecule has 1 unspecified atom stereocenters. The Kier molecular flexibility index (Phi) is 6.70. The number of aromatic nitrogens is 1. The molecule has 35 heavy (non-hydrogen) atoms. The molecule has 2 N–H and O–H groups in total. The van der Waals surface area contributed by atoms with E-state index >= 15 is 0 Å². The number of nitrogens with one attached hydrogen (secondary N) is 2. The Hall–Kier alpha value is -2.68. The van der Waals surface area contributed by atoms with Crippen LogP contribution in [-0.2, 0) is 20.9 Å². The molecule has 0 spiro atoms. The number of urea groups is 1. The third-order valence-electron chi connectivity index (χ3n) is 7.77. The largest absolute Gasteiger partial charge is 0.452 e.